The predicted octanol–water partition coefficient (Wildman–Crippen LogP) is 1.17. The summed E-state index contributed by atoms with van der Waals surface area (Å²) in [6.45, 7) is -0.271. The normalized spacial score (nSPS) is 58.7. The maximum Gasteiger partial charge on any atom is 0.272 e. The van der Waals surface area contributed by atoms with Crippen LogP contribution in [0.1, 0.15) is 38.5 Å². The zero-order chi connectivity index (χ0) is 10.8. The van der Waals surface area contributed by atoms with Crippen LogP contribution in [0.2, 0.25) is 0 Å². The quantitative estimate of drug-likeness (QED) is 0.729. The van der Waals surface area contributed by atoms with E-state index in [-0.39, 0.29) is 29.8 Å². The first-order valence-electron chi connectivity index (χ1n) is 6.38. The molecule has 3 heterocycles. The summed E-state index contributed by atoms with van der Waals surface area (Å²) in [6.07, 6.45) is 6.79. The molecule has 5 rings (SSSR count). The highest BCUT2D eigenvalue weighted by molar-refractivity contribution is 5.14. The summed E-state index contributed by atoms with van der Waals surface area (Å²) in [5.74, 6) is 0. The maximum absolute atomic E-state index is 9.88. The van der Waals surface area contributed by atoms with Gasteiger partial charge in [-0.3, -0.25) is 0 Å². The van der Waals surface area contributed by atoms with Crippen LogP contribution < -0.4 is 0 Å². The van der Waals surface area contributed by atoms with Gasteiger partial charge in [0.1, 0.15) is 0 Å². The summed E-state index contributed by atoms with van der Waals surface area (Å²) < 4.78 is 17.4. The van der Waals surface area contributed by atoms with Gasteiger partial charge in [-0.2, -0.15) is 0 Å². The molecule has 2 aliphatic carbocycles. The SMILES string of the molecule is OC[C@@]12CCCC[C@]13C[C@@H]1C[C@H]2OC(O1)O3. The molecule has 3 aliphatic heterocycles. The molecule has 0 aromatic carbocycles. The summed E-state index contributed by atoms with van der Waals surface area (Å²) in [6, 6.07) is 0. The fourth-order valence-electron chi connectivity index (χ4n) is 4.40. The lowest BCUT2D eigenvalue weighted by Crippen LogP contribution is -2.74. The molecule has 16 heavy (non-hydrogen) atoms. The van der Waals surface area contributed by atoms with E-state index in [1.807, 2.05) is 0 Å². The summed E-state index contributed by atoms with van der Waals surface area (Å²) in [4.78, 5) is 0. The van der Waals surface area contributed by atoms with E-state index in [1.165, 1.54) is 12.8 Å². The van der Waals surface area contributed by atoms with E-state index in [9.17, 15) is 5.11 Å². The Hall–Kier alpha value is -0.160. The van der Waals surface area contributed by atoms with Crippen molar-refractivity contribution in [3.05, 3.63) is 0 Å². The zero-order valence-electron chi connectivity index (χ0n) is 9.35. The van der Waals surface area contributed by atoms with Gasteiger partial charge in [0, 0.05) is 18.3 Å². The number of hydrogen-bond donors (Lipinski definition) is 1. The zero-order valence-corrected chi connectivity index (χ0v) is 9.35. The Morgan fingerprint density at radius 2 is 2.06 bits per heavy atom. The average Bonchev–Trinajstić information content (AvgIpc) is 2.28. The fraction of sp³-hybridized carbons (Fsp3) is 1.00. The van der Waals surface area contributed by atoms with E-state index in [0.29, 0.717) is 0 Å². The van der Waals surface area contributed by atoms with Crippen LogP contribution >= 0.6 is 0 Å². The second kappa shape index (κ2) is 2.99. The molecule has 0 radical (unpaired) electrons. The Bertz CT molecular complexity index is 304. The molecule has 1 spiro atoms. The second-order valence-corrected chi connectivity index (χ2v) is 5.74. The Labute approximate surface area is 94.9 Å². The van der Waals surface area contributed by atoms with Crippen LogP contribution in [0.25, 0.3) is 0 Å². The number of rotatable bonds is 1. The van der Waals surface area contributed by atoms with Gasteiger partial charge in [0.25, 0.3) is 6.48 Å². The Balaban J connectivity index is 1.81. The molecule has 5 atom stereocenters. The van der Waals surface area contributed by atoms with Gasteiger partial charge >= 0.3 is 0 Å². The van der Waals surface area contributed by atoms with Crippen LogP contribution in [0.4, 0.5) is 0 Å². The monoisotopic (exact) mass is 226 g/mol. The van der Waals surface area contributed by atoms with Crippen molar-refractivity contribution in [1.29, 1.82) is 0 Å². The summed E-state index contributed by atoms with van der Waals surface area (Å²) in [5.41, 5.74) is -0.309. The van der Waals surface area contributed by atoms with Crippen molar-refractivity contribution in [3.63, 3.8) is 0 Å². The Kier molecular flexibility index (Phi) is 1.84. The number of hydrogen-bond acceptors (Lipinski definition) is 4. The molecule has 4 heteroatoms. The molecule has 1 unspecified atom stereocenters. The topological polar surface area (TPSA) is 47.9 Å². The molecule has 0 amide bonds. The molecule has 4 bridgehead atoms. The van der Waals surface area contributed by atoms with Crippen LogP contribution in [-0.4, -0.2) is 36.0 Å². The van der Waals surface area contributed by atoms with Gasteiger partial charge in [-0.25, -0.2) is 0 Å². The van der Waals surface area contributed by atoms with Gasteiger partial charge in [0.2, 0.25) is 0 Å². The number of aliphatic hydroxyl groups excluding tert-OH is 1. The van der Waals surface area contributed by atoms with Crippen molar-refractivity contribution in [2.75, 3.05) is 6.61 Å². The summed E-state index contributed by atoms with van der Waals surface area (Å²) in [5, 5.41) is 9.88. The van der Waals surface area contributed by atoms with Crippen LogP contribution in [0.3, 0.4) is 0 Å². The van der Waals surface area contributed by atoms with Gasteiger partial charge in [-0.1, -0.05) is 12.8 Å². The molecule has 1 N–H and O–H groups in total. The Morgan fingerprint density at radius 1 is 1.19 bits per heavy atom. The minimum Gasteiger partial charge on any atom is -0.396 e. The van der Waals surface area contributed by atoms with Crippen molar-refractivity contribution in [1.82, 2.24) is 0 Å². The number of ether oxygens (including phenoxy) is 3. The molecule has 3 saturated heterocycles. The summed E-state index contributed by atoms with van der Waals surface area (Å²) in [7, 11) is 0. The average molecular weight is 226 g/mol. The van der Waals surface area contributed by atoms with Gasteiger partial charge < -0.3 is 19.3 Å². The lowest BCUT2D eigenvalue weighted by molar-refractivity contribution is -0.493. The van der Waals surface area contributed by atoms with Gasteiger partial charge in [0.15, 0.2) is 0 Å². The van der Waals surface area contributed by atoms with Gasteiger partial charge in [-0.05, 0) is 12.8 Å². The lowest BCUT2D eigenvalue weighted by Gasteiger charge is -2.67. The third-order valence-corrected chi connectivity index (χ3v) is 5.19. The molecule has 90 valence electrons. The third-order valence-electron chi connectivity index (χ3n) is 5.19. The van der Waals surface area contributed by atoms with E-state index >= 15 is 0 Å². The first-order valence-corrected chi connectivity index (χ1v) is 6.38. The van der Waals surface area contributed by atoms with Crippen LogP contribution in [0, 0.1) is 5.41 Å². The molecular weight excluding hydrogens is 208 g/mol. The van der Waals surface area contributed by atoms with Crippen molar-refractivity contribution in [2.45, 2.75) is 62.8 Å². The van der Waals surface area contributed by atoms with Crippen LogP contribution in [0.5, 0.6) is 0 Å². The highest BCUT2D eigenvalue weighted by Crippen LogP contribution is 2.61. The minimum absolute atomic E-state index is 0.143. The highest BCUT2D eigenvalue weighted by atomic mass is 16.9. The first kappa shape index (κ1) is 9.83. The third kappa shape index (κ3) is 0.957. The van der Waals surface area contributed by atoms with Crippen LogP contribution in [0.15, 0.2) is 0 Å². The highest BCUT2D eigenvalue weighted by Gasteiger charge is 2.68. The fourth-order valence-corrected chi connectivity index (χ4v) is 4.40. The van der Waals surface area contributed by atoms with E-state index in [0.717, 1.165) is 25.7 Å². The van der Waals surface area contributed by atoms with Crippen LogP contribution in [-0.2, 0) is 14.2 Å². The first-order chi connectivity index (χ1) is 7.78. The van der Waals surface area contributed by atoms with Gasteiger partial charge in [0.05, 0.1) is 24.4 Å². The summed E-state index contributed by atoms with van der Waals surface area (Å²) >= 11 is 0. The molecule has 5 fully saturated rings. The molecule has 4 nitrogen and oxygen atoms in total. The van der Waals surface area contributed by atoms with Crippen molar-refractivity contribution < 1.29 is 19.3 Å². The van der Waals surface area contributed by atoms with E-state index in [1.54, 1.807) is 0 Å². The Morgan fingerprint density at radius 3 is 2.88 bits per heavy atom. The number of aliphatic hydroxyl groups is 1. The second-order valence-electron chi connectivity index (χ2n) is 5.74. The maximum atomic E-state index is 9.88. The molecule has 5 aliphatic rings. The van der Waals surface area contributed by atoms with E-state index < -0.39 is 6.48 Å². The molecule has 2 saturated carbocycles. The van der Waals surface area contributed by atoms with Crippen molar-refractivity contribution in [3.8, 4) is 0 Å². The smallest absolute Gasteiger partial charge is 0.272 e. The predicted molar refractivity (Wildman–Crippen MR) is 54.6 cm³/mol. The van der Waals surface area contributed by atoms with Gasteiger partial charge in [-0.15, -0.1) is 0 Å². The standard InChI is InChI=1S/C12H18O4/c13-7-11-3-1-2-4-12(11)6-8-5-9(11)15-10(14-8)16-12/h8-10,13H,1-7H2/t8-,9+,10?,11+,12-/m0/s1. The molecule has 0 aromatic rings. The largest absolute Gasteiger partial charge is 0.396 e. The van der Waals surface area contributed by atoms with Crippen molar-refractivity contribution in [2.24, 2.45) is 5.41 Å². The lowest BCUT2D eigenvalue weighted by atomic mass is 9.54. The molecular formula is C12H18O4. The van der Waals surface area contributed by atoms with E-state index in [4.69, 9.17) is 14.2 Å². The van der Waals surface area contributed by atoms with Crippen molar-refractivity contribution >= 4 is 0 Å². The minimum atomic E-state index is -0.463. The molecule has 0 aromatic heterocycles. The van der Waals surface area contributed by atoms with E-state index in [2.05, 4.69) is 0 Å².